The predicted octanol–water partition coefficient (Wildman–Crippen LogP) is 2.57. The van der Waals surface area contributed by atoms with Crippen molar-refractivity contribution in [2.45, 2.75) is 25.4 Å². The van der Waals surface area contributed by atoms with Crippen molar-refractivity contribution in [3.63, 3.8) is 0 Å². The molecule has 2 atom stereocenters. The van der Waals surface area contributed by atoms with Crippen LogP contribution in [-0.2, 0) is 16.0 Å². The molecular weight excluding hydrogens is 352 g/mol. The Morgan fingerprint density at radius 2 is 2.00 bits per heavy atom. The number of fused-ring (bicyclic) bond motifs is 1. The largest absolute Gasteiger partial charge is 0.491 e. The first-order valence-corrected chi connectivity index (χ1v) is 8.35. The molecule has 0 saturated carbocycles. The van der Waals surface area contributed by atoms with Crippen LogP contribution in [0.25, 0.3) is 0 Å². The van der Waals surface area contributed by atoms with Crippen molar-refractivity contribution in [3.05, 3.63) is 69.8 Å². The van der Waals surface area contributed by atoms with Crippen LogP contribution in [0.2, 0.25) is 0 Å². The molecule has 3 rings (SSSR count). The van der Waals surface area contributed by atoms with Gasteiger partial charge in [-0.1, -0.05) is 30.3 Å². The summed E-state index contributed by atoms with van der Waals surface area (Å²) >= 11 is 0. The van der Waals surface area contributed by atoms with Gasteiger partial charge in [0.2, 0.25) is 5.91 Å². The summed E-state index contributed by atoms with van der Waals surface area (Å²) in [4.78, 5) is 36.1. The molecule has 1 aliphatic heterocycles. The van der Waals surface area contributed by atoms with Gasteiger partial charge in [0.15, 0.2) is 0 Å². The van der Waals surface area contributed by atoms with Crippen LogP contribution in [0.4, 0.5) is 5.69 Å². The Morgan fingerprint density at radius 1 is 1.30 bits per heavy atom. The molecule has 1 N–H and O–H groups in total. The first-order valence-electron chi connectivity index (χ1n) is 8.35. The normalized spacial score (nSPS) is 16.1. The lowest BCUT2D eigenvalue weighted by atomic mass is 9.99. The number of hydrogen-bond acceptors (Lipinski definition) is 5. The molecule has 27 heavy (non-hydrogen) atoms. The SMILES string of the molecule is CC(=O)N(C1COc2ccc([N+](=O)[O-])cc21)[C@@H](Cc1ccccc1)C(=O)O. The van der Waals surface area contributed by atoms with Crippen molar-refractivity contribution in [1.29, 1.82) is 0 Å². The highest BCUT2D eigenvalue weighted by atomic mass is 16.6. The molecule has 1 heterocycles. The van der Waals surface area contributed by atoms with E-state index in [-0.39, 0.29) is 18.7 Å². The first-order chi connectivity index (χ1) is 12.9. The number of benzene rings is 2. The van der Waals surface area contributed by atoms with Crippen LogP contribution in [0.15, 0.2) is 48.5 Å². The maximum absolute atomic E-state index is 12.4. The lowest BCUT2D eigenvalue weighted by Gasteiger charge is -2.32. The Kier molecular flexibility index (Phi) is 5.07. The van der Waals surface area contributed by atoms with Gasteiger partial charge in [0.25, 0.3) is 5.69 Å². The number of non-ortho nitro benzene ring substituents is 1. The number of nitro groups is 1. The fraction of sp³-hybridized carbons (Fsp3) is 0.263. The molecular formula is C19H18N2O6. The van der Waals surface area contributed by atoms with Crippen molar-refractivity contribution >= 4 is 17.6 Å². The van der Waals surface area contributed by atoms with E-state index in [0.29, 0.717) is 11.3 Å². The molecule has 0 aliphatic carbocycles. The Bertz CT molecular complexity index is 883. The number of carboxylic acids is 1. The molecule has 0 saturated heterocycles. The number of carbonyl (C=O) groups excluding carboxylic acids is 1. The van der Waals surface area contributed by atoms with E-state index in [1.54, 1.807) is 24.3 Å². The number of nitro benzene ring substituents is 1. The molecule has 0 radical (unpaired) electrons. The van der Waals surface area contributed by atoms with E-state index in [2.05, 4.69) is 0 Å². The van der Waals surface area contributed by atoms with E-state index >= 15 is 0 Å². The highest BCUT2D eigenvalue weighted by Gasteiger charge is 2.39. The summed E-state index contributed by atoms with van der Waals surface area (Å²) in [6, 6.07) is 11.3. The average molecular weight is 370 g/mol. The molecule has 0 fully saturated rings. The van der Waals surface area contributed by atoms with Gasteiger partial charge in [-0.05, 0) is 11.6 Å². The lowest BCUT2D eigenvalue weighted by molar-refractivity contribution is -0.384. The van der Waals surface area contributed by atoms with Crippen LogP contribution in [0.5, 0.6) is 5.75 Å². The van der Waals surface area contributed by atoms with Gasteiger partial charge in [0.1, 0.15) is 18.4 Å². The third kappa shape index (κ3) is 3.74. The van der Waals surface area contributed by atoms with Gasteiger partial charge in [-0.2, -0.15) is 0 Å². The fourth-order valence-electron chi connectivity index (χ4n) is 3.33. The summed E-state index contributed by atoms with van der Waals surface area (Å²) in [5.41, 5.74) is 1.08. The Morgan fingerprint density at radius 3 is 2.59 bits per heavy atom. The molecule has 1 aliphatic rings. The molecule has 0 aromatic heterocycles. The summed E-state index contributed by atoms with van der Waals surface area (Å²) in [6.45, 7) is 1.34. The van der Waals surface area contributed by atoms with Gasteiger partial charge in [-0.3, -0.25) is 14.9 Å². The molecule has 1 amide bonds. The predicted molar refractivity (Wildman–Crippen MR) is 95.4 cm³/mol. The molecule has 2 aromatic carbocycles. The zero-order valence-electron chi connectivity index (χ0n) is 14.6. The minimum atomic E-state index is -1.15. The third-order valence-corrected chi connectivity index (χ3v) is 4.55. The van der Waals surface area contributed by atoms with Gasteiger partial charge in [0.05, 0.1) is 11.0 Å². The summed E-state index contributed by atoms with van der Waals surface area (Å²) in [6.07, 6.45) is 0.122. The van der Waals surface area contributed by atoms with Crippen LogP contribution in [0.1, 0.15) is 24.1 Å². The van der Waals surface area contributed by atoms with E-state index in [1.807, 2.05) is 6.07 Å². The Hall–Kier alpha value is -3.42. The van der Waals surface area contributed by atoms with Gasteiger partial charge in [-0.25, -0.2) is 4.79 Å². The zero-order chi connectivity index (χ0) is 19.6. The number of aliphatic carboxylic acids is 1. The van der Waals surface area contributed by atoms with Gasteiger partial charge in [0, 0.05) is 31.0 Å². The van der Waals surface area contributed by atoms with Crippen molar-refractivity contribution in [2.75, 3.05) is 6.61 Å². The molecule has 0 bridgehead atoms. The molecule has 2 aromatic rings. The van der Waals surface area contributed by atoms with Crippen LogP contribution < -0.4 is 4.74 Å². The maximum atomic E-state index is 12.4. The van der Waals surface area contributed by atoms with E-state index in [0.717, 1.165) is 5.56 Å². The monoisotopic (exact) mass is 370 g/mol. The number of rotatable bonds is 6. The minimum Gasteiger partial charge on any atom is -0.491 e. The zero-order valence-corrected chi connectivity index (χ0v) is 14.6. The van der Waals surface area contributed by atoms with Crippen molar-refractivity contribution < 1.29 is 24.4 Å². The number of nitrogens with zero attached hydrogens (tertiary/aromatic N) is 2. The number of carbonyl (C=O) groups is 2. The number of ether oxygens (including phenoxy) is 1. The lowest BCUT2D eigenvalue weighted by Crippen LogP contribution is -2.48. The average Bonchev–Trinajstić information content (AvgIpc) is 3.04. The van der Waals surface area contributed by atoms with E-state index in [1.165, 1.54) is 30.0 Å². The smallest absolute Gasteiger partial charge is 0.326 e. The first kappa shape index (κ1) is 18.4. The maximum Gasteiger partial charge on any atom is 0.326 e. The highest BCUT2D eigenvalue weighted by molar-refractivity contribution is 5.83. The fourth-order valence-corrected chi connectivity index (χ4v) is 3.33. The van der Waals surface area contributed by atoms with Crippen molar-refractivity contribution in [1.82, 2.24) is 4.90 Å². The summed E-state index contributed by atoms with van der Waals surface area (Å²) in [5.74, 6) is -1.17. The van der Waals surface area contributed by atoms with Crippen LogP contribution in [0.3, 0.4) is 0 Å². The topological polar surface area (TPSA) is 110 Å². The number of amides is 1. The molecule has 1 unspecified atom stereocenters. The third-order valence-electron chi connectivity index (χ3n) is 4.55. The molecule has 0 spiro atoms. The van der Waals surface area contributed by atoms with Gasteiger partial charge >= 0.3 is 5.97 Å². The van der Waals surface area contributed by atoms with Crippen LogP contribution >= 0.6 is 0 Å². The quantitative estimate of drug-likeness (QED) is 0.618. The summed E-state index contributed by atoms with van der Waals surface area (Å²) < 4.78 is 5.55. The highest BCUT2D eigenvalue weighted by Crippen LogP contribution is 2.39. The van der Waals surface area contributed by atoms with Crippen LogP contribution in [0, 0.1) is 10.1 Å². The van der Waals surface area contributed by atoms with Crippen molar-refractivity contribution in [3.8, 4) is 5.75 Å². The van der Waals surface area contributed by atoms with Crippen LogP contribution in [-0.4, -0.2) is 39.5 Å². The molecule has 140 valence electrons. The van der Waals surface area contributed by atoms with Gasteiger partial charge < -0.3 is 14.7 Å². The second-order valence-corrected chi connectivity index (χ2v) is 6.28. The standard InChI is InChI=1S/C19H18N2O6/c1-12(22)20(16(19(23)24)9-13-5-3-2-4-6-13)17-11-27-18-8-7-14(21(25)26)10-15(17)18/h2-8,10,16-17H,9,11H2,1H3,(H,23,24)/t16-,17?/m0/s1. The molecule has 8 heteroatoms. The second kappa shape index (κ2) is 7.45. The van der Waals surface area contributed by atoms with E-state index < -0.39 is 28.9 Å². The minimum absolute atomic E-state index is 0.0502. The summed E-state index contributed by atoms with van der Waals surface area (Å²) in [7, 11) is 0. The van der Waals surface area contributed by atoms with Gasteiger partial charge in [-0.15, -0.1) is 0 Å². The second-order valence-electron chi connectivity index (χ2n) is 6.28. The molecule has 8 nitrogen and oxygen atoms in total. The summed E-state index contributed by atoms with van der Waals surface area (Å²) in [5, 5.41) is 20.8. The van der Waals surface area contributed by atoms with E-state index in [9.17, 15) is 24.8 Å². The van der Waals surface area contributed by atoms with Crippen molar-refractivity contribution in [2.24, 2.45) is 0 Å². The Balaban J connectivity index is 1.98. The van der Waals surface area contributed by atoms with E-state index in [4.69, 9.17) is 4.74 Å². The Labute approximate surface area is 155 Å². The number of carboxylic acid groups (broad SMARTS) is 1. The number of hydrogen-bond donors (Lipinski definition) is 1.